The molecule has 1 unspecified atom stereocenters. The number of fused-ring (bicyclic) bond motifs is 1. The summed E-state index contributed by atoms with van der Waals surface area (Å²) in [4.78, 5) is 11.7. The lowest BCUT2D eigenvalue weighted by molar-refractivity contribution is -0.135. The van der Waals surface area contributed by atoms with Gasteiger partial charge in [0.25, 0.3) is 0 Å². The predicted molar refractivity (Wildman–Crippen MR) is 73.0 cm³/mol. The van der Waals surface area contributed by atoms with Gasteiger partial charge < -0.3 is 14.9 Å². The van der Waals surface area contributed by atoms with Gasteiger partial charge in [0.05, 0.1) is 6.42 Å². The van der Waals surface area contributed by atoms with Crippen molar-refractivity contribution in [2.75, 3.05) is 0 Å². The van der Waals surface area contributed by atoms with E-state index in [1.165, 1.54) is 0 Å². The number of esters is 1. The van der Waals surface area contributed by atoms with Crippen molar-refractivity contribution >= 4 is 5.97 Å². The van der Waals surface area contributed by atoms with Crippen molar-refractivity contribution in [3.05, 3.63) is 53.1 Å². The van der Waals surface area contributed by atoms with Gasteiger partial charge in [0.15, 0.2) is 0 Å². The Hall–Kier alpha value is -2.49. The summed E-state index contributed by atoms with van der Waals surface area (Å²) >= 11 is 0. The van der Waals surface area contributed by atoms with Gasteiger partial charge in [-0.25, -0.2) is 0 Å². The summed E-state index contributed by atoms with van der Waals surface area (Å²) in [7, 11) is 0. The normalized spacial score (nSPS) is 17.4. The first-order chi connectivity index (χ1) is 9.54. The largest absolute Gasteiger partial charge is 0.508 e. The van der Waals surface area contributed by atoms with Crippen molar-refractivity contribution in [2.45, 2.75) is 19.3 Å². The van der Waals surface area contributed by atoms with Gasteiger partial charge in [-0.15, -0.1) is 0 Å². The second kappa shape index (κ2) is 4.56. The highest BCUT2D eigenvalue weighted by Crippen LogP contribution is 2.44. The molecule has 0 aliphatic carbocycles. The van der Waals surface area contributed by atoms with Gasteiger partial charge in [-0.1, -0.05) is 12.1 Å². The molecule has 1 aliphatic heterocycles. The number of carbonyl (C=O) groups is 1. The maximum Gasteiger partial charge on any atom is 0.312 e. The fourth-order valence-electron chi connectivity index (χ4n) is 2.60. The Kier molecular flexibility index (Phi) is 2.86. The summed E-state index contributed by atoms with van der Waals surface area (Å²) in [6, 6.07) is 10.1. The molecule has 4 nitrogen and oxygen atoms in total. The van der Waals surface area contributed by atoms with E-state index in [9.17, 15) is 15.0 Å². The van der Waals surface area contributed by atoms with Crippen LogP contribution < -0.4 is 4.74 Å². The number of hydrogen-bond acceptors (Lipinski definition) is 4. The third kappa shape index (κ3) is 2.09. The molecule has 2 aromatic rings. The smallest absolute Gasteiger partial charge is 0.312 e. The van der Waals surface area contributed by atoms with Gasteiger partial charge in [0, 0.05) is 11.5 Å². The lowest BCUT2D eigenvalue weighted by Crippen LogP contribution is -2.21. The average molecular weight is 270 g/mol. The van der Waals surface area contributed by atoms with E-state index in [1.807, 2.05) is 6.92 Å². The highest BCUT2D eigenvalue weighted by molar-refractivity contribution is 5.78. The molecular weight excluding hydrogens is 256 g/mol. The van der Waals surface area contributed by atoms with Crippen LogP contribution in [0.5, 0.6) is 17.2 Å². The van der Waals surface area contributed by atoms with E-state index in [1.54, 1.807) is 36.4 Å². The highest BCUT2D eigenvalue weighted by atomic mass is 16.5. The Morgan fingerprint density at radius 3 is 2.55 bits per heavy atom. The van der Waals surface area contributed by atoms with E-state index in [2.05, 4.69) is 0 Å². The number of ether oxygens (including phenoxy) is 1. The van der Waals surface area contributed by atoms with Crippen molar-refractivity contribution in [1.82, 2.24) is 0 Å². The fourth-order valence-corrected chi connectivity index (χ4v) is 2.60. The second-order valence-corrected chi connectivity index (χ2v) is 5.02. The number of rotatable bonds is 1. The van der Waals surface area contributed by atoms with Crippen molar-refractivity contribution in [2.24, 2.45) is 0 Å². The number of phenols is 2. The highest BCUT2D eigenvalue weighted by Gasteiger charge is 2.31. The van der Waals surface area contributed by atoms with E-state index in [0.717, 1.165) is 11.1 Å². The third-order valence-electron chi connectivity index (χ3n) is 3.50. The molecule has 2 aromatic carbocycles. The molecular formula is C16H14O4. The molecule has 0 saturated carbocycles. The number of carbonyl (C=O) groups excluding carboxylic acids is 1. The molecule has 0 bridgehead atoms. The van der Waals surface area contributed by atoms with Crippen LogP contribution in [-0.4, -0.2) is 16.2 Å². The standard InChI is InChI=1S/C16H14O4/c1-9-6-13(18)16-12(8-15(19)20-14(16)7-9)10-2-4-11(17)5-3-10/h2-7,12,17-18H,8H2,1H3. The summed E-state index contributed by atoms with van der Waals surface area (Å²) in [5, 5.41) is 19.5. The van der Waals surface area contributed by atoms with Gasteiger partial charge in [0.1, 0.15) is 17.2 Å². The van der Waals surface area contributed by atoms with Crippen LogP contribution in [0.25, 0.3) is 0 Å². The van der Waals surface area contributed by atoms with Gasteiger partial charge in [-0.05, 0) is 42.3 Å². The minimum absolute atomic E-state index is 0.130. The minimum atomic E-state index is -0.319. The molecule has 0 spiro atoms. The topological polar surface area (TPSA) is 66.8 Å². The van der Waals surface area contributed by atoms with Crippen LogP contribution in [0.3, 0.4) is 0 Å². The van der Waals surface area contributed by atoms with Crippen LogP contribution in [0.15, 0.2) is 36.4 Å². The molecule has 20 heavy (non-hydrogen) atoms. The van der Waals surface area contributed by atoms with Gasteiger partial charge >= 0.3 is 5.97 Å². The first kappa shape index (κ1) is 12.5. The fraction of sp³-hybridized carbons (Fsp3) is 0.188. The zero-order valence-electron chi connectivity index (χ0n) is 11.0. The second-order valence-electron chi connectivity index (χ2n) is 5.02. The minimum Gasteiger partial charge on any atom is -0.508 e. The third-order valence-corrected chi connectivity index (χ3v) is 3.50. The molecule has 3 rings (SSSR count). The van der Waals surface area contributed by atoms with Gasteiger partial charge in [-0.3, -0.25) is 4.79 Å². The summed E-state index contributed by atoms with van der Waals surface area (Å²) in [5.74, 6) is 0.135. The molecule has 1 atom stereocenters. The Morgan fingerprint density at radius 1 is 1.15 bits per heavy atom. The first-order valence-corrected chi connectivity index (χ1v) is 6.37. The first-order valence-electron chi connectivity index (χ1n) is 6.37. The Morgan fingerprint density at radius 2 is 1.85 bits per heavy atom. The monoisotopic (exact) mass is 270 g/mol. The van der Waals surface area contributed by atoms with E-state index in [0.29, 0.717) is 11.3 Å². The van der Waals surface area contributed by atoms with Crippen molar-refractivity contribution in [3.8, 4) is 17.2 Å². The maximum atomic E-state index is 11.7. The average Bonchev–Trinajstić information content (AvgIpc) is 2.37. The number of hydrogen-bond donors (Lipinski definition) is 2. The Labute approximate surface area is 116 Å². The molecule has 0 saturated heterocycles. The summed E-state index contributed by atoms with van der Waals surface area (Å²) < 4.78 is 5.22. The van der Waals surface area contributed by atoms with E-state index >= 15 is 0 Å². The molecule has 2 N–H and O–H groups in total. The van der Waals surface area contributed by atoms with E-state index < -0.39 is 0 Å². The van der Waals surface area contributed by atoms with Gasteiger partial charge in [0.2, 0.25) is 0 Å². The van der Waals surface area contributed by atoms with E-state index in [4.69, 9.17) is 4.74 Å². The number of aromatic hydroxyl groups is 2. The Bertz CT molecular complexity index is 674. The molecule has 102 valence electrons. The van der Waals surface area contributed by atoms with Crippen LogP contribution in [0, 0.1) is 6.92 Å². The van der Waals surface area contributed by atoms with Crippen LogP contribution in [0.1, 0.15) is 29.0 Å². The van der Waals surface area contributed by atoms with Crippen LogP contribution in [0.2, 0.25) is 0 Å². The zero-order chi connectivity index (χ0) is 14.3. The Balaban J connectivity index is 2.14. The summed E-state index contributed by atoms with van der Waals surface area (Å²) in [5.41, 5.74) is 2.32. The number of benzene rings is 2. The summed E-state index contributed by atoms with van der Waals surface area (Å²) in [6.45, 7) is 1.83. The number of aryl methyl sites for hydroxylation is 1. The number of phenolic OH excluding ortho intramolecular Hbond substituents is 2. The quantitative estimate of drug-likeness (QED) is 0.617. The molecule has 0 radical (unpaired) electrons. The van der Waals surface area contributed by atoms with Crippen molar-refractivity contribution < 1.29 is 19.7 Å². The molecule has 0 amide bonds. The zero-order valence-corrected chi connectivity index (χ0v) is 11.0. The molecule has 1 heterocycles. The predicted octanol–water partition coefficient (Wildman–Crippen LogP) is 2.85. The van der Waals surface area contributed by atoms with Crippen LogP contribution in [-0.2, 0) is 4.79 Å². The molecule has 4 heteroatoms. The van der Waals surface area contributed by atoms with Gasteiger partial charge in [-0.2, -0.15) is 0 Å². The maximum absolute atomic E-state index is 11.7. The van der Waals surface area contributed by atoms with E-state index in [-0.39, 0.29) is 29.8 Å². The lowest BCUT2D eigenvalue weighted by Gasteiger charge is -2.26. The van der Waals surface area contributed by atoms with Crippen molar-refractivity contribution in [1.29, 1.82) is 0 Å². The van der Waals surface area contributed by atoms with Crippen LogP contribution >= 0.6 is 0 Å². The molecule has 0 aromatic heterocycles. The van der Waals surface area contributed by atoms with Crippen molar-refractivity contribution in [3.63, 3.8) is 0 Å². The van der Waals surface area contributed by atoms with Crippen LogP contribution in [0.4, 0.5) is 0 Å². The molecule has 1 aliphatic rings. The SMILES string of the molecule is Cc1cc(O)c2c(c1)OC(=O)CC2c1ccc(O)cc1. The summed E-state index contributed by atoms with van der Waals surface area (Å²) in [6.07, 6.45) is 0.175. The molecule has 0 fully saturated rings. The lowest BCUT2D eigenvalue weighted by atomic mass is 9.85.